The van der Waals surface area contributed by atoms with Gasteiger partial charge in [0, 0.05) is 11.6 Å². The van der Waals surface area contributed by atoms with E-state index in [0.717, 1.165) is 6.42 Å². The summed E-state index contributed by atoms with van der Waals surface area (Å²) in [5, 5.41) is 1.18. The van der Waals surface area contributed by atoms with Crippen molar-refractivity contribution in [2.75, 3.05) is 0 Å². The molecule has 1 unspecified atom stereocenters. The first-order valence-electron chi connectivity index (χ1n) is 5.12. The highest BCUT2D eigenvalue weighted by Crippen LogP contribution is 2.22. The van der Waals surface area contributed by atoms with Crippen LogP contribution in [0.4, 0.5) is 0 Å². The van der Waals surface area contributed by atoms with Crippen LogP contribution < -0.4 is 11.3 Å². The lowest BCUT2D eigenvalue weighted by molar-refractivity contribution is 0.679. The smallest absolute Gasteiger partial charge is 0.261 e. The lowest BCUT2D eigenvalue weighted by Gasteiger charge is -2.06. The van der Waals surface area contributed by atoms with Gasteiger partial charge in [-0.15, -0.1) is 0 Å². The summed E-state index contributed by atoms with van der Waals surface area (Å²) < 4.78 is 1.65. The summed E-state index contributed by atoms with van der Waals surface area (Å²) in [7, 11) is 0. The molecule has 3 rings (SSSR count). The SMILES string of the molecule is NC1CCn2c1nc1cc(Cl)ccc1c2=O. The quantitative estimate of drug-likeness (QED) is 0.752. The molecule has 0 saturated heterocycles. The molecule has 4 nitrogen and oxygen atoms in total. The fraction of sp³-hybridized carbons (Fsp3) is 0.273. The number of fused-ring (bicyclic) bond motifs is 2. The van der Waals surface area contributed by atoms with Gasteiger partial charge in [-0.05, 0) is 24.6 Å². The molecule has 1 aliphatic heterocycles. The third-order valence-electron chi connectivity index (χ3n) is 2.94. The largest absolute Gasteiger partial charge is 0.321 e. The zero-order valence-electron chi connectivity index (χ0n) is 8.48. The lowest BCUT2D eigenvalue weighted by atomic mass is 10.2. The number of hydrogen-bond donors (Lipinski definition) is 1. The van der Waals surface area contributed by atoms with Gasteiger partial charge in [-0.25, -0.2) is 4.98 Å². The molecule has 2 heterocycles. The number of rotatable bonds is 0. The van der Waals surface area contributed by atoms with E-state index in [9.17, 15) is 4.79 Å². The Bertz CT molecular complexity index is 635. The van der Waals surface area contributed by atoms with Gasteiger partial charge in [0.2, 0.25) is 0 Å². The molecule has 82 valence electrons. The highest BCUT2D eigenvalue weighted by Gasteiger charge is 2.22. The molecular formula is C11H10ClN3O. The van der Waals surface area contributed by atoms with E-state index in [4.69, 9.17) is 17.3 Å². The molecule has 1 atom stereocenters. The Kier molecular flexibility index (Phi) is 2.02. The standard InChI is InChI=1S/C11H10ClN3O/c12-6-1-2-7-9(5-6)14-10-8(13)3-4-15(10)11(7)16/h1-2,5,8H,3-4,13H2. The van der Waals surface area contributed by atoms with Crippen LogP contribution in [-0.4, -0.2) is 9.55 Å². The van der Waals surface area contributed by atoms with E-state index in [0.29, 0.717) is 28.3 Å². The number of nitrogens with two attached hydrogens (primary N) is 1. The van der Waals surface area contributed by atoms with Gasteiger partial charge >= 0.3 is 0 Å². The minimum Gasteiger partial charge on any atom is -0.321 e. The monoisotopic (exact) mass is 235 g/mol. The molecule has 0 radical (unpaired) electrons. The van der Waals surface area contributed by atoms with Crippen molar-refractivity contribution < 1.29 is 0 Å². The predicted molar refractivity (Wildman–Crippen MR) is 62.6 cm³/mol. The van der Waals surface area contributed by atoms with Gasteiger partial charge in [0.1, 0.15) is 5.82 Å². The normalized spacial score (nSPS) is 19.0. The van der Waals surface area contributed by atoms with Crippen LogP contribution in [0.15, 0.2) is 23.0 Å². The Morgan fingerprint density at radius 2 is 2.31 bits per heavy atom. The molecule has 0 bridgehead atoms. The van der Waals surface area contributed by atoms with Crippen LogP contribution in [0.25, 0.3) is 10.9 Å². The minimum atomic E-state index is -0.143. The van der Waals surface area contributed by atoms with Crippen LogP contribution in [0.2, 0.25) is 5.02 Å². The van der Waals surface area contributed by atoms with Crippen LogP contribution in [0, 0.1) is 0 Å². The van der Waals surface area contributed by atoms with E-state index in [1.807, 2.05) is 0 Å². The second-order valence-electron chi connectivity index (χ2n) is 3.98. The molecule has 0 saturated carbocycles. The summed E-state index contributed by atoms with van der Waals surface area (Å²) in [6.45, 7) is 0.654. The van der Waals surface area contributed by atoms with E-state index in [1.165, 1.54) is 0 Å². The third kappa shape index (κ3) is 1.27. The molecule has 1 aromatic carbocycles. The Morgan fingerprint density at radius 1 is 1.50 bits per heavy atom. The maximum atomic E-state index is 12.1. The molecule has 0 aliphatic carbocycles. The Morgan fingerprint density at radius 3 is 3.12 bits per heavy atom. The van der Waals surface area contributed by atoms with Crippen LogP contribution in [0.1, 0.15) is 18.3 Å². The van der Waals surface area contributed by atoms with Crippen LogP contribution in [0.5, 0.6) is 0 Å². The average molecular weight is 236 g/mol. The Hall–Kier alpha value is -1.39. The highest BCUT2D eigenvalue weighted by atomic mass is 35.5. The van der Waals surface area contributed by atoms with E-state index in [-0.39, 0.29) is 11.6 Å². The second kappa shape index (κ2) is 3.30. The van der Waals surface area contributed by atoms with Gasteiger partial charge < -0.3 is 5.73 Å². The van der Waals surface area contributed by atoms with Gasteiger partial charge in [-0.2, -0.15) is 0 Å². The molecule has 5 heteroatoms. The van der Waals surface area contributed by atoms with Gasteiger partial charge in [0.15, 0.2) is 0 Å². The summed E-state index contributed by atoms with van der Waals surface area (Å²) >= 11 is 5.88. The van der Waals surface area contributed by atoms with Crippen molar-refractivity contribution in [3.05, 3.63) is 39.4 Å². The van der Waals surface area contributed by atoms with Crippen LogP contribution in [0.3, 0.4) is 0 Å². The summed E-state index contributed by atoms with van der Waals surface area (Å²) in [5.41, 5.74) is 6.49. The molecular weight excluding hydrogens is 226 g/mol. The molecule has 2 N–H and O–H groups in total. The minimum absolute atomic E-state index is 0.0235. The Balaban J connectivity index is 2.44. The molecule has 0 amide bonds. The second-order valence-corrected chi connectivity index (χ2v) is 4.42. The first kappa shape index (κ1) is 9.81. The number of nitrogens with zero attached hydrogens (tertiary/aromatic N) is 2. The van der Waals surface area contributed by atoms with Crippen molar-refractivity contribution >= 4 is 22.5 Å². The summed E-state index contributed by atoms with van der Waals surface area (Å²) in [6, 6.07) is 4.97. The van der Waals surface area contributed by atoms with Crippen molar-refractivity contribution in [1.29, 1.82) is 0 Å². The predicted octanol–water partition coefficient (Wildman–Crippen LogP) is 1.45. The van der Waals surface area contributed by atoms with Gasteiger partial charge in [0.05, 0.1) is 16.9 Å². The molecule has 2 aromatic rings. The van der Waals surface area contributed by atoms with Crippen molar-refractivity contribution in [3.8, 4) is 0 Å². The van der Waals surface area contributed by atoms with E-state index in [2.05, 4.69) is 4.98 Å². The van der Waals surface area contributed by atoms with Crippen molar-refractivity contribution in [2.45, 2.75) is 19.0 Å². The number of benzene rings is 1. The summed E-state index contributed by atoms with van der Waals surface area (Å²) in [4.78, 5) is 16.5. The number of hydrogen-bond acceptors (Lipinski definition) is 3. The number of aromatic nitrogens is 2. The molecule has 1 aliphatic rings. The average Bonchev–Trinajstić information content (AvgIpc) is 2.61. The maximum Gasteiger partial charge on any atom is 0.261 e. The molecule has 0 fully saturated rings. The Labute approximate surface area is 96.7 Å². The van der Waals surface area contributed by atoms with E-state index >= 15 is 0 Å². The number of halogens is 1. The lowest BCUT2D eigenvalue weighted by Crippen LogP contribution is -2.22. The fourth-order valence-corrected chi connectivity index (χ4v) is 2.27. The van der Waals surface area contributed by atoms with E-state index < -0.39 is 0 Å². The first-order valence-corrected chi connectivity index (χ1v) is 5.50. The molecule has 0 spiro atoms. The van der Waals surface area contributed by atoms with Crippen LogP contribution in [-0.2, 0) is 6.54 Å². The van der Waals surface area contributed by atoms with Gasteiger partial charge in [-0.3, -0.25) is 9.36 Å². The summed E-state index contributed by atoms with van der Waals surface area (Å²) in [6.07, 6.45) is 0.770. The zero-order chi connectivity index (χ0) is 11.3. The zero-order valence-corrected chi connectivity index (χ0v) is 9.24. The van der Waals surface area contributed by atoms with Crippen molar-refractivity contribution in [2.24, 2.45) is 5.73 Å². The van der Waals surface area contributed by atoms with Gasteiger partial charge in [0.25, 0.3) is 5.56 Å². The fourth-order valence-electron chi connectivity index (χ4n) is 2.11. The van der Waals surface area contributed by atoms with Crippen molar-refractivity contribution in [1.82, 2.24) is 9.55 Å². The van der Waals surface area contributed by atoms with Crippen LogP contribution >= 0.6 is 11.6 Å². The maximum absolute atomic E-state index is 12.1. The molecule has 16 heavy (non-hydrogen) atoms. The molecule has 1 aromatic heterocycles. The topological polar surface area (TPSA) is 60.9 Å². The third-order valence-corrected chi connectivity index (χ3v) is 3.18. The van der Waals surface area contributed by atoms with Gasteiger partial charge in [-0.1, -0.05) is 11.6 Å². The van der Waals surface area contributed by atoms with Crippen molar-refractivity contribution in [3.63, 3.8) is 0 Å². The summed E-state index contributed by atoms with van der Waals surface area (Å²) in [5.74, 6) is 0.666. The highest BCUT2D eigenvalue weighted by molar-refractivity contribution is 6.31. The van der Waals surface area contributed by atoms with E-state index in [1.54, 1.807) is 22.8 Å². The first-order chi connectivity index (χ1) is 7.66.